The van der Waals surface area contributed by atoms with E-state index >= 15 is 0 Å². The first kappa shape index (κ1) is 13.3. The Morgan fingerprint density at radius 1 is 1.21 bits per heavy atom. The molecule has 1 atom stereocenters. The summed E-state index contributed by atoms with van der Waals surface area (Å²) in [6.07, 6.45) is 5.52. The standard InChI is InChI=1S/C14H23N3OS/c1-10(2)13-15-16-14(19-13)17-7-5-11(6-8-17)12-4-3-9-18-12/h10-12H,3-9H2,1-2H3. The van der Waals surface area contributed by atoms with Gasteiger partial charge < -0.3 is 9.64 Å². The molecular formula is C14H23N3OS. The second kappa shape index (κ2) is 5.75. The molecule has 4 nitrogen and oxygen atoms in total. The maximum atomic E-state index is 5.83. The quantitative estimate of drug-likeness (QED) is 0.853. The molecule has 2 aliphatic rings. The third-order valence-corrected chi connectivity index (χ3v) is 5.51. The number of nitrogens with zero attached hydrogens (tertiary/aromatic N) is 3. The first-order valence-electron chi connectivity index (χ1n) is 7.44. The first-order chi connectivity index (χ1) is 9.24. The Morgan fingerprint density at radius 3 is 2.58 bits per heavy atom. The fourth-order valence-electron chi connectivity index (χ4n) is 3.02. The number of piperidine rings is 1. The van der Waals surface area contributed by atoms with Crippen LogP contribution in [0.1, 0.15) is 50.5 Å². The van der Waals surface area contributed by atoms with Gasteiger partial charge >= 0.3 is 0 Å². The smallest absolute Gasteiger partial charge is 0.208 e. The van der Waals surface area contributed by atoms with Gasteiger partial charge in [0.2, 0.25) is 5.13 Å². The Hall–Kier alpha value is -0.680. The topological polar surface area (TPSA) is 38.2 Å². The SMILES string of the molecule is CC(C)c1nnc(N2CCC(C3CCCO3)CC2)s1. The van der Waals surface area contributed by atoms with E-state index in [1.807, 2.05) is 0 Å². The number of rotatable bonds is 3. The van der Waals surface area contributed by atoms with E-state index in [2.05, 4.69) is 28.9 Å². The van der Waals surface area contributed by atoms with Gasteiger partial charge in [-0.05, 0) is 31.6 Å². The molecule has 0 radical (unpaired) electrons. The van der Waals surface area contributed by atoms with Crippen molar-refractivity contribution in [1.82, 2.24) is 10.2 Å². The lowest BCUT2D eigenvalue weighted by atomic mass is 9.90. The maximum Gasteiger partial charge on any atom is 0.208 e. The number of aromatic nitrogens is 2. The average Bonchev–Trinajstić information content (AvgIpc) is 3.11. The summed E-state index contributed by atoms with van der Waals surface area (Å²) >= 11 is 1.75. The highest BCUT2D eigenvalue weighted by atomic mass is 32.1. The molecule has 0 bridgehead atoms. The van der Waals surface area contributed by atoms with Gasteiger partial charge in [0.05, 0.1) is 6.10 Å². The summed E-state index contributed by atoms with van der Waals surface area (Å²) in [6, 6.07) is 0. The second-order valence-electron chi connectivity index (χ2n) is 5.95. The lowest BCUT2D eigenvalue weighted by Crippen LogP contribution is -2.37. The van der Waals surface area contributed by atoms with Crippen LogP contribution in [0, 0.1) is 5.92 Å². The van der Waals surface area contributed by atoms with E-state index in [0.717, 1.165) is 35.8 Å². The van der Waals surface area contributed by atoms with Crippen LogP contribution in [-0.4, -0.2) is 36.0 Å². The van der Waals surface area contributed by atoms with Crippen molar-refractivity contribution >= 4 is 16.5 Å². The van der Waals surface area contributed by atoms with Crippen LogP contribution >= 0.6 is 11.3 Å². The Labute approximate surface area is 119 Å². The van der Waals surface area contributed by atoms with Crippen molar-refractivity contribution in [3.8, 4) is 0 Å². The van der Waals surface area contributed by atoms with Gasteiger partial charge in [-0.3, -0.25) is 0 Å². The highest BCUT2D eigenvalue weighted by Gasteiger charge is 2.30. The molecule has 5 heteroatoms. The van der Waals surface area contributed by atoms with Crippen LogP contribution in [0.3, 0.4) is 0 Å². The predicted molar refractivity (Wildman–Crippen MR) is 77.9 cm³/mol. The molecule has 0 aliphatic carbocycles. The minimum atomic E-state index is 0.482. The maximum absolute atomic E-state index is 5.83. The van der Waals surface area contributed by atoms with Gasteiger partial charge in [-0.1, -0.05) is 25.2 Å². The van der Waals surface area contributed by atoms with Crippen molar-refractivity contribution < 1.29 is 4.74 Å². The van der Waals surface area contributed by atoms with Crippen LogP contribution in [0.4, 0.5) is 5.13 Å². The number of anilines is 1. The fourth-order valence-corrected chi connectivity index (χ4v) is 3.92. The van der Waals surface area contributed by atoms with E-state index in [0.29, 0.717) is 12.0 Å². The zero-order valence-electron chi connectivity index (χ0n) is 11.8. The largest absolute Gasteiger partial charge is 0.378 e. The van der Waals surface area contributed by atoms with E-state index in [9.17, 15) is 0 Å². The van der Waals surface area contributed by atoms with Gasteiger partial charge in [-0.2, -0.15) is 0 Å². The average molecular weight is 281 g/mol. The van der Waals surface area contributed by atoms with E-state index in [4.69, 9.17) is 4.74 Å². The summed E-state index contributed by atoms with van der Waals surface area (Å²) in [5, 5.41) is 10.9. The summed E-state index contributed by atoms with van der Waals surface area (Å²) in [7, 11) is 0. The Kier molecular flexibility index (Phi) is 4.03. The molecule has 106 valence electrons. The lowest BCUT2D eigenvalue weighted by molar-refractivity contribution is 0.0531. The van der Waals surface area contributed by atoms with Crippen LogP contribution in [0.15, 0.2) is 0 Å². The molecule has 0 N–H and O–H groups in total. The van der Waals surface area contributed by atoms with E-state index < -0.39 is 0 Å². The van der Waals surface area contributed by atoms with Crippen molar-refractivity contribution in [3.05, 3.63) is 5.01 Å². The Balaban J connectivity index is 1.56. The molecule has 0 saturated carbocycles. The summed E-state index contributed by atoms with van der Waals surface area (Å²) in [6.45, 7) is 7.54. The Bertz CT molecular complexity index is 407. The number of ether oxygens (including phenoxy) is 1. The second-order valence-corrected chi connectivity index (χ2v) is 6.94. The zero-order chi connectivity index (χ0) is 13.2. The van der Waals surface area contributed by atoms with Gasteiger partial charge in [-0.15, -0.1) is 10.2 Å². The van der Waals surface area contributed by atoms with Crippen LogP contribution in [0.2, 0.25) is 0 Å². The van der Waals surface area contributed by atoms with Gasteiger partial charge in [0.15, 0.2) is 0 Å². The summed E-state index contributed by atoms with van der Waals surface area (Å²) in [5.41, 5.74) is 0. The van der Waals surface area contributed by atoms with E-state index in [-0.39, 0.29) is 0 Å². The van der Waals surface area contributed by atoms with E-state index in [1.165, 1.54) is 25.7 Å². The van der Waals surface area contributed by atoms with Crippen LogP contribution in [0.5, 0.6) is 0 Å². The van der Waals surface area contributed by atoms with Crippen LogP contribution in [0.25, 0.3) is 0 Å². The van der Waals surface area contributed by atoms with Crippen molar-refractivity contribution in [2.24, 2.45) is 5.92 Å². The molecular weight excluding hydrogens is 258 g/mol. The highest BCUT2D eigenvalue weighted by molar-refractivity contribution is 7.15. The van der Waals surface area contributed by atoms with Crippen LogP contribution in [-0.2, 0) is 4.74 Å². The van der Waals surface area contributed by atoms with Crippen molar-refractivity contribution in [2.45, 2.75) is 51.6 Å². The molecule has 2 aliphatic heterocycles. The molecule has 1 aromatic heterocycles. The predicted octanol–water partition coefficient (Wildman–Crippen LogP) is 3.06. The van der Waals surface area contributed by atoms with Gasteiger partial charge in [0.25, 0.3) is 0 Å². The number of hydrogen-bond donors (Lipinski definition) is 0. The molecule has 1 aromatic rings. The molecule has 3 heterocycles. The lowest BCUT2D eigenvalue weighted by Gasteiger charge is -2.33. The van der Waals surface area contributed by atoms with Gasteiger partial charge in [0, 0.05) is 25.6 Å². The third kappa shape index (κ3) is 2.92. The summed E-state index contributed by atoms with van der Waals surface area (Å²) < 4.78 is 5.83. The molecule has 0 amide bonds. The van der Waals surface area contributed by atoms with Gasteiger partial charge in [0.1, 0.15) is 5.01 Å². The molecule has 2 saturated heterocycles. The summed E-state index contributed by atoms with van der Waals surface area (Å²) in [5.74, 6) is 1.24. The minimum absolute atomic E-state index is 0.482. The van der Waals surface area contributed by atoms with E-state index in [1.54, 1.807) is 11.3 Å². The Morgan fingerprint density at radius 2 is 2.00 bits per heavy atom. The molecule has 1 unspecified atom stereocenters. The zero-order valence-corrected chi connectivity index (χ0v) is 12.7. The third-order valence-electron chi connectivity index (χ3n) is 4.22. The van der Waals surface area contributed by atoms with Gasteiger partial charge in [-0.25, -0.2) is 0 Å². The summed E-state index contributed by atoms with van der Waals surface area (Å²) in [4.78, 5) is 2.40. The molecule has 3 rings (SSSR count). The molecule has 0 spiro atoms. The molecule has 2 fully saturated rings. The van der Waals surface area contributed by atoms with Crippen molar-refractivity contribution in [1.29, 1.82) is 0 Å². The normalized spacial score (nSPS) is 25.4. The molecule has 19 heavy (non-hydrogen) atoms. The van der Waals surface area contributed by atoms with Crippen LogP contribution < -0.4 is 4.90 Å². The van der Waals surface area contributed by atoms with Crippen molar-refractivity contribution in [3.63, 3.8) is 0 Å². The van der Waals surface area contributed by atoms with Crippen molar-refractivity contribution in [2.75, 3.05) is 24.6 Å². The fraction of sp³-hybridized carbons (Fsp3) is 0.857. The highest BCUT2D eigenvalue weighted by Crippen LogP contribution is 2.32. The number of hydrogen-bond acceptors (Lipinski definition) is 5. The monoisotopic (exact) mass is 281 g/mol. The molecule has 0 aromatic carbocycles. The minimum Gasteiger partial charge on any atom is -0.378 e. The first-order valence-corrected chi connectivity index (χ1v) is 8.25.